The number of amides is 3. The zero-order valence-corrected chi connectivity index (χ0v) is 63.6. The Hall–Kier alpha value is -3.79. The van der Waals surface area contributed by atoms with Crippen LogP contribution < -0.4 is 16.0 Å². The topological polar surface area (TPSA) is 519 Å². The minimum atomic E-state index is -3.39. The second-order valence-electron chi connectivity index (χ2n) is 29.7. The van der Waals surface area contributed by atoms with E-state index in [0.717, 1.165) is 65.2 Å². The molecule has 19 N–H and O–H groups in total. The van der Waals surface area contributed by atoms with Gasteiger partial charge in [0.15, 0.2) is 12.6 Å². The number of carboxylic acid groups (broad SMARTS) is 2. The molecule has 4 rings (SSSR count). The molecule has 0 aromatic carbocycles. The Morgan fingerprint density at radius 2 is 0.935 bits per heavy atom. The fourth-order valence-electron chi connectivity index (χ4n) is 14.4. The van der Waals surface area contributed by atoms with E-state index in [1.807, 2.05) is 6.08 Å². The predicted octanol–water partition coefficient (Wildman–Crippen LogP) is 2.29. The average Bonchev–Trinajstić information content (AvgIpc) is 0.755. The predicted molar refractivity (Wildman–Crippen MR) is 386 cm³/mol. The number of allylic oxidation sites excluding steroid dienone is 1. The summed E-state index contributed by atoms with van der Waals surface area (Å²) in [5.74, 6) is -13.1. The second-order valence-corrected chi connectivity index (χ2v) is 29.7. The van der Waals surface area contributed by atoms with Crippen LogP contribution in [0.2, 0.25) is 0 Å². The van der Waals surface area contributed by atoms with Crippen molar-refractivity contribution in [3.05, 3.63) is 12.2 Å². The van der Waals surface area contributed by atoms with Crippen LogP contribution in [0.4, 0.5) is 0 Å². The van der Waals surface area contributed by atoms with Crippen molar-refractivity contribution in [2.24, 2.45) is 0 Å². The molecule has 0 saturated carbocycles. The SMILES string of the molecule is CCCCCCCCCCCCC/C=C/[C@@H](O)[C@H](COC1OC(CO)C(OC2OC(CO)C(O)C(OC3(C(=O)O)CC(O)C(NC(C)=O)C([C@H](O)[C@@H](CO)OC4(C(=O)O)CC(O)C(NC(C)=O)C([C@H](O)[C@H](O)CO)O4)O3)C2O)C(O)C1O)NC(=O)CCCCCCCCCCCCCCCCCCCCCC. The summed E-state index contributed by atoms with van der Waals surface area (Å²) in [7, 11) is 0. The summed E-state index contributed by atoms with van der Waals surface area (Å²) in [5.41, 5.74) is 0. The van der Waals surface area contributed by atoms with Gasteiger partial charge in [-0.05, 0) is 19.3 Å². The Kier molecular flexibility index (Phi) is 46.2. The number of hydrogen-bond acceptors (Lipinski definition) is 27. The number of carbonyl (C=O) groups excluding carboxylic acids is 3. The van der Waals surface area contributed by atoms with Crippen LogP contribution in [0.3, 0.4) is 0 Å². The Morgan fingerprint density at radius 3 is 1.37 bits per heavy atom. The monoisotopic (exact) mass is 1540 g/mol. The number of rotatable bonds is 57. The zero-order valence-electron chi connectivity index (χ0n) is 63.6. The first-order valence-electron chi connectivity index (χ1n) is 39.7. The summed E-state index contributed by atoms with van der Waals surface area (Å²) < 4.78 is 46.5. The lowest BCUT2D eigenvalue weighted by molar-refractivity contribution is -0.388. The van der Waals surface area contributed by atoms with Gasteiger partial charge in [-0.2, -0.15) is 0 Å². The first kappa shape index (κ1) is 95.6. The molecule has 0 aliphatic carbocycles. The lowest BCUT2D eigenvalue weighted by atomic mass is 9.87. The highest BCUT2D eigenvalue weighted by molar-refractivity contribution is 5.78. The van der Waals surface area contributed by atoms with E-state index in [4.69, 9.17) is 37.9 Å². The smallest absolute Gasteiger partial charge is 0.364 e. The molecule has 4 fully saturated rings. The third-order valence-electron chi connectivity index (χ3n) is 20.7. The van der Waals surface area contributed by atoms with Crippen molar-refractivity contribution in [2.45, 2.75) is 398 Å². The number of aliphatic carboxylic acids is 2. The summed E-state index contributed by atoms with van der Waals surface area (Å²) >= 11 is 0. The number of carbonyl (C=O) groups is 5. The summed E-state index contributed by atoms with van der Waals surface area (Å²) in [6.07, 6.45) is -1.43. The molecule has 3 amide bonds. The maximum Gasteiger partial charge on any atom is 0.364 e. The van der Waals surface area contributed by atoms with E-state index in [2.05, 4.69) is 29.8 Å². The van der Waals surface area contributed by atoms with Gasteiger partial charge in [0.2, 0.25) is 17.7 Å². The molecule has 4 saturated heterocycles. The van der Waals surface area contributed by atoms with Gasteiger partial charge in [-0.25, -0.2) is 9.59 Å². The Bertz CT molecular complexity index is 2500. The van der Waals surface area contributed by atoms with Crippen LogP contribution in [0.1, 0.15) is 252 Å². The molecule has 624 valence electrons. The maximum atomic E-state index is 13.6. The Labute approximate surface area is 630 Å². The third kappa shape index (κ3) is 31.6. The van der Waals surface area contributed by atoms with Crippen LogP contribution in [0.5, 0.6) is 0 Å². The molecule has 107 heavy (non-hydrogen) atoms. The van der Waals surface area contributed by atoms with Gasteiger partial charge < -0.3 is 136 Å². The van der Waals surface area contributed by atoms with Crippen LogP contribution in [-0.2, 0) is 61.9 Å². The van der Waals surface area contributed by atoms with Crippen molar-refractivity contribution in [3.63, 3.8) is 0 Å². The van der Waals surface area contributed by atoms with E-state index in [0.29, 0.717) is 12.8 Å². The van der Waals surface area contributed by atoms with Gasteiger partial charge in [-0.1, -0.05) is 212 Å². The summed E-state index contributed by atoms with van der Waals surface area (Å²) in [6, 6.07) is -4.73. The van der Waals surface area contributed by atoms with Crippen LogP contribution in [0, 0.1) is 0 Å². The van der Waals surface area contributed by atoms with E-state index < -0.39 is 216 Å². The van der Waals surface area contributed by atoms with Crippen LogP contribution in [0.15, 0.2) is 12.2 Å². The van der Waals surface area contributed by atoms with Crippen molar-refractivity contribution in [3.8, 4) is 0 Å². The summed E-state index contributed by atoms with van der Waals surface area (Å²) in [5, 5.41) is 185. The highest BCUT2D eigenvalue weighted by Crippen LogP contribution is 2.41. The number of hydrogen-bond donors (Lipinski definition) is 19. The maximum absolute atomic E-state index is 13.6. The second kappa shape index (κ2) is 51.8. The summed E-state index contributed by atoms with van der Waals surface area (Å²) in [6.45, 7) is 1.13. The minimum absolute atomic E-state index is 0.156. The van der Waals surface area contributed by atoms with Gasteiger partial charge in [0.1, 0.15) is 85.5 Å². The van der Waals surface area contributed by atoms with E-state index in [1.54, 1.807) is 6.08 Å². The van der Waals surface area contributed by atoms with E-state index in [9.17, 15) is 106 Å². The number of unbranched alkanes of at least 4 members (excludes halogenated alkanes) is 30. The lowest BCUT2D eigenvalue weighted by Gasteiger charge is -2.51. The van der Waals surface area contributed by atoms with Gasteiger partial charge in [0.25, 0.3) is 11.6 Å². The molecule has 32 nitrogen and oxygen atoms in total. The molecular weight excluding hydrogens is 1410 g/mol. The first-order chi connectivity index (χ1) is 51.2. The molecule has 0 radical (unpaired) electrons. The molecular formula is C75H135N3O29. The van der Waals surface area contributed by atoms with E-state index in [1.165, 1.54) is 141 Å². The van der Waals surface area contributed by atoms with Gasteiger partial charge in [-0.15, -0.1) is 0 Å². The van der Waals surface area contributed by atoms with E-state index >= 15 is 0 Å². The van der Waals surface area contributed by atoms with Crippen molar-refractivity contribution < 1.29 is 144 Å². The number of ether oxygens (including phenoxy) is 8. The van der Waals surface area contributed by atoms with E-state index in [-0.39, 0.29) is 12.3 Å². The molecule has 24 atom stereocenters. The lowest BCUT2D eigenvalue weighted by Crippen LogP contribution is -2.72. The fraction of sp³-hybridized carbons (Fsp3) is 0.907. The third-order valence-corrected chi connectivity index (χ3v) is 20.7. The molecule has 0 aromatic rings. The molecule has 0 spiro atoms. The molecule has 0 aromatic heterocycles. The first-order valence-corrected chi connectivity index (χ1v) is 39.7. The molecule has 4 heterocycles. The quantitative estimate of drug-likeness (QED) is 0.0307. The molecule has 18 unspecified atom stereocenters. The van der Waals surface area contributed by atoms with Gasteiger partial charge in [-0.3, -0.25) is 14.4 Å². The number of aliphatic hydroxyl groups is 14. The molecule has 0 bridgehead atoms. The van der Waals surface area contributed by atoms with Crippen molar-refractivity contribution >= 4 is 29.7 Å². The highest BCUT2D eigenvalue weighted by Gasteiger charge is 2.62. The number of nitrogens with one attached hydrogen (secondary N) is 3. The number of aliphatic hydroxyl groups excluding tert-OH is 14. The van der Waals surface area contributed by atoms with Gasteiger partial charge in [0, 0.05) is 33.1 Å². The minimum Gasteiger partial charge on any atom is -0.477 e. The highest BCUT2D eigenvalue weighted by atomic mass is 16.8. The zero-order chi connectivity index (χ0) is 79.1. The van der Waals surface area contributed by atoms with Crippen molar-refractivity contribution in [1.29, 1.82) is 0 Å². The Balaban J connectivity index is 1.45. The van der Waals surface area contributed by atoms with Gasteiger partial charge in [0.05, 0.1) is 69.5 Å². The molecule has 32 heteroatoms. The largest absolute Gasteiger partial charge is 0.477 e. The normalized spacial score (nSPS) is 30.8. The van der Waals surface area contributed by atoms with Crippen molar-refractivity contribution in [2.75, 3.05) is 33.0 Å². The Morgan fingerprint density at radius 1 is 0.505 bits per heavy atom. The van der Waals surface area contributed by atoms with Gasteiger partial charge >= 0.3 is 11.9 Å². The standard InChI is InChI=1S/C75H135N3O29/c1-5-7-9-11-13-15-17-19-20-21-22-23-24-25-27-29-31-33-35-37-39-57(89)78-49(50(85)38-36-34-32-30-28-26-18-16-14-12-10-8-6-2)46-100-70-64(94)63(93)66(56(45-82)102-70)103-71-65(95)69(61(91)54(43-80)101-71)107-75(73(98)99)41-52(87)59(77-48(4)84)68(106-75)62(92)55(44-81)104-74(72(96)97)40-51(86)58(76-47(3)83)67(105-74)60(90)53(88)42-79/h36,38,49-56,58-71,79-82,85-88,90-95H,5-35,37,39-46H2,1-4H3,(H,76,83)(H,77,84)(H,78,89)(H,96,97)(H,98,99)/b38-36+/t49-,50+,51?,52?,53+,54?,55+,56?,58?,59?,60+,61?,62+,63?,64?,65?,66?,67?,68?,69?,70?,71?,74?,75?/m0/s1. The van der Waals surface area contributed by atoms with Crippen molar-refractivity contribution in [1.82, 2.24) is 16.0 Å². The van der Waals surface area contributed by atoms with Crippen LogP contribution >= 0.6 is 0 Å². The average molecular weight is 1540 g/mol. The van der Waals surface area contributed by atoms with Crippen LogP contribution in [-0.4, -0.2) is 290 Å². The molecule has 4 aliphatic heterocycles. The van der Waals surface area contributed by atoms with Crippen LogP contribution in [0.25, 0.3) is 0 Å². The number of carboxylic acids is 2. The fourth-order valence-corrected chi connectivity index (χ4v) is 14.4. The summed E-state index contributed by atoms with van der Waals surface area (Å²) in [4.78, 5) is 65.1. The molecule has 4 aliphatic rings.